The Morgan fingerprint density at radius 1 is 1.06 bits per heavy atom. The van der Waals surface area contributed by atoms with Gasteiger partial charge in [-0.05, 0) is 41.0 Å². The van der Waals surface area contributed by atoms with Gasteiger partial charge in [0, 0.05) is 12.5 Å². The molecule has 0 unspecified atom stereocenters. The number of alkyl carbamates (subject to hydrolysis) is 1. The van der Waals surface area contributed by atoms with E-state index in [1.54, 1.807) is 0 Å². The summed E-state index contributed by atoms with van der Waals surface area (Å²) in [7, 11) is 0. The van der Waals surface area contributed by atoms with Crippen molar-refractivity contribution in [3.8, 4) is 11.1 Å². The number of carbonyl (C=O) groups is 3. The number of carboxylic acid groups (broad SMARTS) is 1. The Bertz CT molecular complexity index is 975. The highest BCUT2D eigenvalue weighted by Crippen LogP contribution is 2.44. The first-order valence-corrected chi connectivity index (χ1v) is 11.1. The first kappa shape index (κ1) is 21.9. The molecule has 0 radical (unpaired) electrons. The number of ether oxygens (including phenoxy) is 1. The van der Waals surface area contributed by atoms with E-state index in [0.29, 0.717) is 25.8 Å². The summed E-state index contributed by atoms with van der Waals surface area (Å²) in [6, 6.07) is 15.5. The lowest BCUT2D eigenvalue weighted by Gasteiger charge is -2.19. The summed E-state index contributed by atoms with van der Waals surface area (Å²) in [5.74, 6) is -1.60. The Hall–Kier alpha value is -3.35. The summed E-state index contributed by atoms with van der Waals surface area (Å²) >= 11 is 0. The van der Waals surface area contributed by atoms with Crippen LogP contribution in [0.4, 0.5) is 4.79 Å². The third-order valence-corrected chi connectivity index (χ3v) is 6.31. The van der Waals surface area contributed by atoms with Crippen LogP contribution in [-0.4, -0.2) is 42.3 Å². The number of amides is 2. The molecule has 7 nitrogen and oxygen atoms in total. The van der Waals surface area contributed by atoms with Gasteiger partial charge >= 0.3 is 12.1 Å². The molecule has 1 saturated carbocycles. The van der Waals surface area contributed by atoms with Crippen molar-refractivity contribution in [1.29, 1.82) is 0 Å². The van der Waals surface area contributed by atoms with Crippen LogP contribution in [0.5, 0.6) is 0 Å². The standard InChI is InChI=1S/C25H28N2O5/c1-2-7-22(23(28)26-13-15-12-20(15)24(29)30)27-25(31)32-14-21-18-10-5-3-8-16(18)17-9-4-6-11-19(17)21/h3-6,8-11,15,20-22H,2,7,12-14H2,1H3,(H,26,28)(H,27,31)(H,29,30)/t15-,20-,22+/m0/s1. The van der Waals surface area contributed by atoms with Gasteiger partial charge in [-0.25, -0.2) is 4.79 Å². The quantitative estimate of drug-likeness (QED) is 0.558. The summed E-state index contributed by atoms with van der Waals surface area (Å²) in [4.78, 5) is 36.0. The van der Waals surface area contributed by atoms with Gasteiger partial charge in [-0.3, -0.25) is 9.59 Å². The van der Waals surface area contributed by atoms with Crippen molar-refractivity contribution in [3.63, 3.8) is 0 Å². The molecule has 2 aliphatic carbocycles. The highest BCUT2D eigenvalue weighted by Gasteiger charge is 2.43. The average Bonchev–Trinajstić information content (AvgIpc) is 3.51. The van der Waals surface area contributed by atoms with E-state index >= 15 is 0 Å². The van der Waals surface area contributed by atoms with E-state index in [-0.39, 0.29) is 30.3 Å². The lowest BCUT2D eigenvalue weighted by atomic mass is 9.98. The molecule has 0 spiro atoms. The molecule has 0 aromatic heterocycles. The van der Waals surface area contributed by atoms with Crippen molar-refractivity contribution in [3.05, 3.63) is 59.7 Å². The zero-order valence-electron chi connectivity index (χ0n) is 18.0. The minimum Gasteiger partial charge on any atom is -0.481 e. The molecule has 1 fully saturated rings. The maximum Gasteiger partial charge on any atom is 0.407 e. The van der Waals surface area contributed by atoms with Gasteiger partial charge in [0.25, 0.3) is 0 Å². The Kier molecular flexibility index (Phi) is 6.44. The first-order chi connectivity index (χ1) is 15.5. The molecule has 0 aliphatic heterocycles. The van der Waals surface area contributed by atoms with Crippen LogP contribution in [0.25, 0.3) is 11.1 Å². The average molecular weight is 437 g/mol. The van der Waals surface area contributed by atoms with Crippen LogP contribution >= 0.6 is 0 Å². The van der Waals surface area contributed by atoms with E-state index in [0.717, 1.165) is 22.3 Å². The fourth-order valence-corrected chi connectivity index (χ4v) is 4.47. The predicted molar refractivity (Wildman–Crippen MR) is 119 cm³/mol. The fourth-order valence-electron chi connectivity index (χ4n) is 4.47. The normalized spacial score (nSPS) is 19.4. The molecule has 4 rings (SSSR count). The second-order valence-corrected chi connectivity index (χ2v) is 8.50. The molecule has 3 atom stereocenters. The van der Waals surface area contributed by atoms with Crippen LogP contribution in [0.3, 0.4) is 0 Å². The molecule has 32 heavy (non-hydrogen) atoms. The molecule has 2 aliphatic rings. The minimum absolute atomic E-state index is 0.0341. The highest BCUT2D eigenvalue weighted by molar-refractivity contribution is 5.86. The van der Waals surface area contributed by atoms with E-state index < -0.39 is 18.1 Å². The van der Waals surface area contributed by atoms with Gasteiger partial charge in [-0.2, -0.15) is 0 Å². The lowest BCUT2D eigenvalue weighted by Crippen LogP contribution is -2.47. The maximum absolute atomic E-state index is 12.5. The number of nitrogens with one attached hydrogen (secondary N) is 2. The van der Waals surface area contributed by atoms with E-state index in [4.69, 9.17) is 9.84 Å². The zero-order valence-corrected chi connectivity index (χ0v) is 18.0. The predicted octanol–water partition coefficient (Wildman–Crippen LogP) is 3.53. The van der Waals surface area contributed by atoms with Crippen LogP contribution in [0, 0.1) is 11.8 Å². The molecule has 0 saturated heterocycles. The Balaban J connectivity index is 1.33. The molecule has 0 heterocycles. The number of aliphatic carboxylic acids is 1. The van der Waals surface area contributed by atoms with Crippen molar-refractivity contribution in [2.45, 2.75) is 38.1 Å². The van der Waals surface area contributed by atoms with Crippen LogP contribution < -0.4 is 10.6 Å². The van der Waals surface area contributed by atoms with E-state index in [9.17, 15) is 14.4 Å². The van der Waals surface area contributed by atoms with Gasteiger partial charge in [0.2, 0.25) is 5.91 Å². The van der Waals surface area contributed by atoms with E-state index in [1.807, 2.05) is 31.2 Å². The Labute approximate surface area is 187 Å². The number of benzene rings is 2. The molecular weight excluding hydrogens is 408 g/mol. The zero-order chi connectivity index (χ0) is 22.7. The van der Waals surface area contributed by atoms with Crippen LogP contribution in [0.2, 0.25) is 0 Å². The topological polar surface area (TPSA) is 105 Å². The number of hydrogen-bond donors (Lipinski definition) is 3. The Morgan fingerprint density at radius 2 is 1.69 bits per heavy atom. The van der Waals surface area contributed by atoms with Crippen LogP contribution in [-0.2, 0) is 14.3 Å². The fraction of sp³-hybridized carbons (Fsp3) is 0.400. The monoisotopic (exact) mass is 436 g/mol. The van der Waals surface area contributed by atoms with Gasteiger partial charge in [0.05, 0.1) is 5.92 Å². The number of rotatable bonds is 9. The summed E-state index contributed by atoms with van der Waals surface area (Å²) in [5, 5.41) is 14.4. The van der Waals surface area contributed by atoms with Crippen molar-refractivity contribution in [2.75, 3.05) is 13.2 Å². The first-order valence-electron chi connectivity index (χ1n) is 11.1. The van der Waals surface area contributed by atoms with Gasteiger partial charge in [-0.15, -0.1) is 0 Å². The summed E-state index contributed by atoms with van der Waals surface area (Å²) in [5.41, 5.74) is 4.56. The number of carboxylic acids is 1. The largest absolute Gasteiger partial charge is 0.481 e. The summed E-state index contributed by atoms with van der Waals surface area (Å²) in [6.45, 7) is 2.42. The van der Waals surface area contributed by atoms with E-state index in [1.165, 1.54) is 0 Å². The second-order valence-electron chi connectivity index (χ2n) is 8.50. The second kappa shape index (κ2) is 9.42. The molecule has 2 aromatic rings. The highest BCUT2D eigenvalue weighted by atomic mass is 16.5. The molecule has 2 amide bonds. The van der Waals surface area contributed by atoms with Crippen molar-refractivity contribution < 1.29 is 24.2 Å². The molecule has 0 bridgehead atoms. The van der Waals surface area contributed by atoms with Crippen LogP contribution in [0.1, 0.15) is 43.2 Å². The third kappa shape index (κ3) is 4.61. The molecular formula is C25H28N2O5. The SMILES string of the molecule is CCC[C@@H](NC(=O)OCC1c2ccccc2-c2ccccc21)C(=O)NC[C@@H]1C[C@@H]1C(=O)O. The molecule has 168 valence electrons. The molecule has 2 aromatic carbocycles. The smallest absolute Gasteiger partial charge is 0.407 e. The summed E-state index contributed by atoms with van der Waals surface area (Å²) < 4.78 is 5.55. The summed E-state index contributed by atoms with van der Waals surface area (Å²) in [6.07, 6.45) is 1.13. The molecule has 3 N–H and O–H groups in total. The maximum atomic E-state index is 12.5. The van der Waals surface area contributed by atoms with E-state index in [2.05, 4.69) is 34.9 Å². The number of carbonyl (C=O) groups excluding carboxylic acids is 2. The number of hydrogen-bond acceptors (Lipinski definition) is 4. The van der Waals surface area contributed by atoms with Crippen molar-refractivity contribution >= 4 is 18.0 Å². The lowest BCUT2D eigenvalue weighted by molar-refractivity contribution is -0.139. The minimum atomic E-state index is -0.828. The van der Waals surface area contributed by atoms with Gasteiger partial charge in [0.15, 0.2) is 0 Å². The van der Waals surface area contributed by atoms with Gasteiger partial charge in [-0.1, -0.05) is 61.9 Å². The van der Waals surface area contributed by atoms with Gasteiger partial charge < -0.3 is 20.5 Å². The Morgan fingerprint density at radius 3 is 2.25 bits per heavy atom. The molecule has 7 heteroatoms. The van der Waals surface area contributed by atoms with Crippen LogP contribution in [0.15, 0.2) is 48.5 Å². The van der Waals surface area contributed by atoms with Crippen molar-refractivity contribution in [1.82, 2.24) is 10.6 Å². The number of fused-ring (bicyclic) bond motifs is 3. The van der Waals surface area contributed by atoms with Crippen molar-refractivity contribution in [2.24, 2.45) is 11.8 Å². The third-order valence-electron chi connectivity index (χ3n) is 6.31. The van der Waals surface area contributed by atoms with Gasteiger partial charge in [0.1, 0.15) is 12.6 Å².